The first-order valence-corrected chi connectivity index (χ1v) is 4.33. The average Bonchev–Trinajstić information content (AvgIpc) is 2.15. The lowest BCUT2D eigenvalue weighted by atomic mass is 10.2. The molecule has 0 unspecified atom stereocenters. The maximum atomic E-state index is 5.54. The summed E-state index contributed by atoms with van der Waals surface area (Å²) in [5.41, 5.74) is 7.41. The van der Waals surface area contributed by atoms with Crippen LogP contribution >= 0.6 is 0 Å². The van der Waals surface area contributed by atoms with Crippen LogP contribution in [-0.2, 0) is 16.1 Å². The molecule has 3 heteroatoms. The van der Waals surface area contributed by atoms with Crippen molar-refractivity contribution in [3.05, 3.63) is 29.8 Å². The minimum absolute atomic E-state index is 0.348. The number of benzene rings is 1. The van der Waals surface area contributed by atoms with E-state index in [4.69, 9.17) is 15.2 Å². The highest BCUT2D eigenvalue weighted by Crippen LogP contribution is 2.06. The van der Waals surface area contributed by atoms with E-state index in [1.54, 1.807) is 0 Å². The molecule has 0 saturated heterocycles. The highest BCUT2D eigenvalue weighted by Gasteiger charge is 1.92. The molecule has 13 heavy (non-hydrogen) atoms. The number of nitrogen functional groups attached to an aromatic ring is 1. The summed E-state index contributed by atoms with van der Waals surface area (Å²) < 4.78 is 10.3. The van der Waals surface area contributed by atoms with Crippen LogP contribution in [0.2, 0.25) is 0 Å². The van der Waals surface area contributed by atoms with Crippen molar-refractivity contribution < 1.29 is 9.47 Å². The number of ether oxygens (including phenoxy) is 2. The number of nitrogens with two attached hydrogens (primary N) is 1. The third kappa shape index (κ3) is 3.92. The van der Waals surface area contributed by atoms with Gasteiger partial charge in [0.1, 0.15) is 6.79 Å². The Bertz CT molecular complexity index is 233. The maximum Gasteiger partial charge on any atom is 0.147 e. The van der Waals surface area contributed by atoms with E-state index in [9.17, 15) is 0 Å². The van der Waals surface area contributed by atoms with Crippen LogP contribution in [0, 0.1) is 0 Å². The van der Waals surface area contributed by atoms with Crippen molar-refractivity contribution in [2.75, 3.05) is 19.1 Å². The molecule has 0 saturated carbocycles. The van der Waals surface area contributed by atoms with Crippen molar-refractivity contribution in [3.8, 4) is 0 Å². The molecule has 72 valence electrons. The SMILES string of the molecule is CCOCOCc1ccc(N)cc1. The standard InChI is InChI=1S/C10H15NO2/c1-2-12-8-13-7-9-3-5-10(11)6-4-9/h3-6H,2,7-8,11H2,1H3. The Morgan fingerprint density at radius 1 is 1.15 bits per heavy atom. The van der Waals surface area contributed by atoms with E-state index in [0.717, 1.165) is 11.3 Å². The Labute approximate surface area is 78.5 Å². The molecule has 0 aliphatic rings. The average molecular weight is 181 g/mol. The van der Waals surface area contributed by atoms with Crippen LogP contribution in [0.15, 0.2) is 24.3 Å². The monoisotopic (exact) mass is 181 g/mol. The van der Waals surface area contributed by atoms with Gasteiger partial charge in [0.25, 0.3) is 0 Å². The molecule has 0 amide bonds. The number of hydrogen-bond donors (Lipinski definition) is 1. The molecule has 0 bridgehead atoms. The molecule has 3 nitrogen and oxygen atoms in total. The number of hydrogen-bond acceptors (Lipinski definition) is 3. The second kappa shape index (κ2) is 5.56. The Balaban J connectivity index is 2.25. The van der Waals surface area contributed by atoms with Gasteiger partial charge >= 0.3 is 0 Å². The Kier molecular flexibility index (Phi) is 4.29. The van der Waals surface area contributed by atoms with Crippen LogP contribution in [0.4, 0.5) is 5.69 Å². The molecule has 1 aromatic carbocycles. The summed E-state index contributed by atoms with van der Waals surface area (Å²) in [6, 6.07) is 7.61. The van der Waals surface area contributed by atoms with Crippen LogP contribution < -0.4 is 5.73 Å². The van der Waals surface area contributed by atoms with Crippen molar-refractivity contribution in [2.45, 2.75) is 13.5 Å². The Morgan fingerprint density at radius 2 is 1.85 bits per heavy atom. The van der Waals surface area contributed by atoms with Gasteiger partial charge in [0, 0.05) is 12.3 Å². The van der Waals surface area contributed by atoms with Crippen LogP contribution in [-0.4, -0.2) is 13.4 Å². The molecule has 0 radical (unpaired) electrons. The summed E-state index contributed by atoms with van der Waals surface area (Å²) >= 11 is 0. The molecule has 0 fully saturated rings. The quantitative estimate of drug-likeness (QED) is 0.428. The Morgan fingerprint density at radius 3 is 2.46 bits per heavy atom. The molecule has 0 spiro atoms. The van der Waals surface area contributed by atoms with Gasteiger partial charge in [-0.15, -0.1) is 0 Å². The van der Waals surface area contributed by atoms with Gasteiger partial charge in [0.15, 0.2) is 0 Å². The van der Waals surface area contributed by atoms with Crippen molar-refractivity contribution in [3.63, 3.8) is 0 Å². The van der Waals surface area contributed by atoms with Crippen LogP contribution in [0.5, 0.6) is 0 Å². The first-order chi connectivity index (χ1) is 6.33. The first-order valence-electron chi connectivity index (χ1n) is 4.33. The van der Waals surface area contributed by atoms with Crippen molar-refractivity contribution in [2.24, 2.45) is 0 Å². The predicted molar refractivity (Wildman–Crippen MR) is 52.1 cm³/mol. The van der Waals surface area contributed by atoms with Gasteiger partial charge in [0.2, 0.25) is 0 Å². The molecular weight excluding hydrogens is 166 g/mol. The fourth-order valence-corrected chi connectivity index (χ4v) is 0.916. The third-order valence-corrected chi connectivity index (χ3v) is 1.62. The second-order valence-electron chi connectivity index (χ2n) is 2.70. The topological polar surface area (TPSA) is 44.5 Å². The largest absolute Gasteiger partial charge is 0.399 e. The van der Waals surface area contributed by atoms with Crippen molar-refractivity contribution >= 4 is 5.69 Å². The highest BCUT2D eigenvalue weighted by atomic mass is 16.7. The molecule has 0 aliphatic carbocycles. The summed E-state index contributed by atoms with van der Waals surface area (Å²) in [6.45, 7) is 3.54. The molecule has 0 heterocycles. The van der Waals surface area contributed by atoms with E-state index in [-0.39, 0.29) is 0 Å². The van der Waals surface area contributed by atoms with Crippen molar-refractivity contribution in [1.29, 1.82) is 0 Å². The van der Waals surface area contributed by atoms with Crippen LogP contribution in [0.1, 0.15) is 12.5 Å². The minimum atomic E-state index is 0.348. The number of rotatable bonds is 5. The molecule has 2 N–H and O–H groups in total. The van der Waals surface area contributed by atoms with E-state index < -0.39 is 0 Å². The van der Waals surface area contributed by atoms with Crippen LogP contribution in [0.25, 0.3) is 0 Å². The molecule has 0 aromatic heterocycles. The molecule has 0 atom stereocenters. The van der Waals surface area contributed by atoms with Crippen molar-refractivity contribution in [1.82, 2.24) is 0 Å². The molecule has 1 rings (SSSR count). The zero-order chi connectivity index (χ0) is 9.52. The van der Waals surface area contributed by atoms with Gasteiger partial charge in [-0.25, -0.2) is 0 Å². The van der Waals surface area contributed by atoms with Gasteiger partial charge in [-0.2, -0.15) is 0 Å². The lowest BCUT2D eigenvalue weighted by Crippen LogP contribution is -1.99. The van der Waals surface area contributed by atoms with Gasteiger partial charge in [-0.3, -0.25) is 0 Å². The lowest BCUT2D eigenvalue weighted by Gasteiger charge is -2.04. The normalized spacial score (nSPS) is 10.2. The zero-order valence-electron chi connectivity index (χ0n) is 7.82. The zero-order valence-corrected chi connectivity index (χ0v) is 7.82. The van der Waals surface area contributed by atoms with Gasteiger partial charge in [0.05, 0.1) is 6.61 Å². The summed E-state index contributed by atoms with van der Waals surface area (Å²) in [5, 5.41) is 0. The van der Waals surface area contributed by atoms with E-state index >= 15 is 0 Å². The molecule has 0 aliphatic heterocycles. The third-order valence-electron chi connectivity index (χ3n) is 1.62. The van der Waals surface area contributed by atoms with Gasteiger partial charge in [-0.1, -0.05) is 12.1 Å². The summed E-state index contributed by atoms with van der Waals surface area (Å²) in [5.74, 6) is 0. The predicted octanol–water partition coefficient (Wildman–Crippen LogP) is 1.78. The molecule has 1 aromatic rings. The fraction of sp³-hybridized carbons (Fsp3) is 0.400. The van der Waals surface area contributed by atoms with E-state index in [1.807, 2.05) is 31.2 Å². The first kappa shape index (κ1) is 10.0. The van der Waals surface area contributed by atoms with E-state index in [0.29, 0.717) is 20.0 Å². The summed E-state index contributed by atoms with van der Waals surface area (Å²) in [7, 11) is 0. The van der Waals surface area contributed by atoms with Gasteiger partial charge < -0.3 is 15.2 Å². The summed E-state index contributed by atoms with van der Waals surface area (Å²) in [4.78, 5) is 0. The van der Waals surface area contributed by atoms with Crippen LogP contribution in [0.3, 0.4) is 0 Å². The molecular formula is C10H15NO2. The van der Waals surface area contributed by atoms with E-state index in [1.165, 1.54) is 0 Å². The van der Waals surface area contributed by atoms with E-state index in [2.05, 4.69) is 0 Å². The Hall–Kier alpha value is -1.06. The lowest BCUT2D eigenvalue weighted by molar-refractivity contribution is -0.0571. The smallest absolute Gasteiger partial charge is 0.147 e. The van der Waals surface area contributed by atoms with Gasteiger partial charge in [-0.05, 0) is 24.6 Å². The maximum absolute atomic E-state index is 5.54. The fourth-order valence-electron chi connectivity index (χ4n) is 0.916. The summed E-state index contributed by atoms with van der Waals surface area (Å²) in [6.07, 6.45) is 0. The minimum Gasteiger partial charge on any atom is -0.399 e. The number of anilines is 1. The highest BCUT2D eigenvalue weighted by molar-refractivity contribution is 5.38. The second-order valence-corrected chi connectivity index (χ2v) is 2.70.